The Morgan fingerprint density at radius 2 is 0.680 bits per heavy atom. The van der Waals surface area contributed by atoms with Gasteiger partial charge in [-0.3, -0.25) is 0 Å². The predicted molar refractivity (Wildman–Crippen MR) is 426 cm³/mol. The van der Waals surface area contributed by atoms with E-state index in [4.69, 9.17) is 8.83 Å². The molecule has 0 fully saturated rings. The van der Waals surface area contributed by atoms with Crippen LogP contribution in [0.15, 0.2) is 276 Å². The highest BCUT2D eigenvalue weighted by Crippen LogP contribution is 2.52. The van der Waals surface area contributed by atoms with Gasteiger partial charge in [-0.15, -0.1) is 0 Å². The second-order valence-electron chi connectivity index (χ2n) is 31.6. The summed E-state index contributed by atoms with van der Waals surface area (Å²) in [6.45, 7) is 26.7. The molecule has 16 aromatic rings. The summed E-state index contributed by atoms with van der Waals surface area (Å²) in [7, 11) is 0. The molecule has 486 valence electrons. The molecule has 2 aliphatic heterocycles. The Bertz CT molecular complexity index is 6090. The van der Waals surface area contributed by atoms with Crippen molar-refractivity contribution in [2.45, 2.75) is 105 Å². The van der Waals surface area contributed by atoms with Crippen LogP contribution in [0.25, 0.3) is 116 Å². The number of para-hydroxylation sites is 2. The van der Waals surface area contributed by atoms with E-state index >= 15 is 0 Å². The molecule has 0 bridgehead atoms. The first-order chi connectivity index (χ1) is 51.4. The number of fused-ring (bicyclic) bond motifs is 13. The molecular weight excluding hydrogens is 1210 g/mol. The lowest BCUT2D eigenvalue weighted by Crippen LogP contribution is -2.61. The van der Waals surface area contributed by atoms with E-state index in [0.717, 1.165) is 117 Å². The second-order valence-corrected chi connectivity index (χ2v) is 31.6. The summed E-state index contributed by atoms with van der Waals surface area (Å²) in [6.07, 6.45) is 0. The quantitative estimate of drug-likeness (QED) is 0.149. The summed E-state index contributed by atoms with van der Waals surface area (Å²) in [5, 5.41) is 3.50. The maximum Gasteiger partial charge on any atom is 0.252 e. The summed E-state index contributed by atoms with van der Waals surface area (Å²) >= 11 is 0. The van der Waals surface area contributed by atoms with Crippen LogP contribution in [0.3, 0.4) is 0 Å². The van der Waals surface area contributed by atoms with Crippen molar-refractivity contribution >= 4 is 123 Å². The minimum Gasteiger partial charge on any atom is -0.456 e. The Morgan fingerprint density at radius 1 is 0.300 bits per heavy atom. The Morgan fingerprint density at radius 3 is 1.08 bits per heavy atom. The molecule has 0 radical (unpaired) electrons. The van der Waals surface area contributed by atoms with Crippen molar-refractivity contribution in [2.75, 3.05) is 9.80 Å². The smallest absolute Gasteiger partial charge is 0.252 e. The summed E-state index contributed by atoms with van der Waals surface area (Å²) < 4.78 is 92.4. The van der Waals surface area contributed by atoms with Crippen LogP contribution in [0.2, 0.25) is 0 Å². The molecule has 3 aromatic heterocycles. The third-order valence-corrected chi connectivity index (χ3v) is 21.0. The first kappa shape index (κ1) is 53.0. The lowest BCUT2D eigenvalue weighted by molar-refractivity contribution is 0.568. The standard InChI is InChI=1S/C94H80BN3O2/c1-91(2,3)65-45-63(46-66(53-65)92(4,5)6)59-39-43-84-72(49-59)88-80(33-23-35-86(88)99-84)97-78-41-37-61(57-25-15-13-16-26-57)51-74(78)95-75-52-62(58-27-17-14-18-28-58)38-42-79(75)98(83-56-69(55-82(97)90(83)95)96-76-31-21-19-29-70(76)71-30-20-22-32-77(71)96)81-34-24-36-87-89(81)73-50-60(40-44-85(73)100-87)64-47-67(93(7,8)9)54-68(48-64)94(10,11)12/h13-56H,1-12H3/i19D,20D,21D,22D,29D,30D,31D,32D. The number of hydrogen-bond donors (Lipinski definition) is 0. The van der Waals surface area contributed by atoms with Crippen molar-refractivity contribution in [3.8, 4) is 50.2 Å². The molecule has 13 aromatic carbocycles. The van der Waals surface area contributed by atoms with Crippen LogP contribution in [-0.2, 0) is 21.7 Å². The average Bonchev–Trinajstić information content (AvgIpc) is 1.37. The van der Waals surface area contributed by atoms with Crippen molar-refractivity contribution in [1.29, 1.82) is 0 Å². The van der Waals surface area contributed by atoms with Crippen molar-refractivity contribution < 1.29 is 19.8 Å². The maximum absolute atomic E-state index is 10.0. The van der Waals surface area contributed by atoms with Crippen molar-refractivity contribution in [3.63, 3.8) is 0 Å². The Hall–Kier alpha value is -11.1. The van der Waals surface area contributed by atoms with Gasteiger partial charge in [0.2, 0.25) is 0 Å². The lowest BCUT2D eigenvalue weighted by Gasteiger charge is -2.45. The lowest BCUT2D eigenvalue weighted by atomic mass is 9.33. The van der Waals surface area contributed by atoms with Gasteiger partial charge in [0.05, 0.1) is 49.8 Å². The molecule has 5 nitrogen and oxygen atoms in total. The molecule has 0 spiro atoms. The summed E-state index contributed by atoms with van der Waals surface area (Å²) in [4.78, 5) is 4.68. The van der Waals surface area contributed by atoms with Gasteiger partial charge in [0.25, 0.3) is 6.71 Å². The van der Waals surface area contributed by atoms with Crippen molar-refractivity contribution in [3.05, 3.63) is 289 Å². The number of anilines is 6. The number of aromatic nitrogens is 1. The molecule has 5 heterocycles. The van der Waals surface area contributed by atoms with Gasteiger partial charge >= 0.3 is 0 Å². The predicted octanol–water partition coefficient (Wildman–Crippen LogP) is 24.5. The zero-order valence-corrected chi connectivity index (χ0v) is 58.5. The van der Waals surface area contributed by atoms with E-state index in [1.165, 1.54) is 22.3 Å². The first-order valence-corrected chi connectivity index (χ1v) is 34.8. The third-order valence-electron chi connectivity index (χ3n) is 21.0. The Labute approximate surface area is 597 Å². The van der Waals surface area contributed by atoms with Gasteiger partial charge in [0.15, 0.2) is 0 Å². The maximum atomic E-state index is 10.0. The van der Waals surface area contributed by atoms with E-state index in [0.29, 0.717) is 28.0 Å². The van der Waals surface area contributed by atoms with Crippen LogP contribution < -0.4 is 26.2 Å². The third kappa shape index (κ3) is 9.88. The molecule has 0 atom stereocenters. The highest BCUT2D eigenvalue weighted by Gasteiger charge is 2.45. The summed E-state index contributed by atoms with van der Waals surface area (Å²) in [5.41, 5.74) is 23.7. The van der Waals surface area contributed by atoms with Crippen molar-refractivity contribution in [1.82, 2.24) is 4.57 Å². The zero-order valence-electron chi connectivity index (χ0n) is 66.5. The van der Waals surface area contributed by atoms with Gasteiger partial charge in [-0.25, -0.2) is 0 Å². The molecular formula is C94H80BN3O2. The number of rotatable bonds is 7. The molecule has 0 amide bonds. The molecule has 0 saturated carbocycles. The largest absolute Gasteiger partial charge is 0.456 e. The van der Waals surface area contributed by atoms with Gasteiger partial charge in [0.1, 0.15) is 22.3 Å². The highest BCUT2D eigenvalue weighted by atomic mass is 16.3. The summed E-state index contributed by atoms with van der Waals surface area (Å²) in [6, 6.07) is 74.5. The highest BCUT2D eigenvalue weighted by molar-refractivity contribution is 7.00. The molecule has 0 saturated heterocycles. The van der Waals surface area contributed by atoms with Gasteiger partial charge in [-0.2, -0.15) is 0 Å². The fraction of sp³-hybridized carbons (Fsp3) is 0.170. The zero-order chi connectivity index (χ0) is 75.4. The minimum absolute atomic E-state index is 0.0124. The minimum atomic E-state index is -0.516. The van der Waals surface area contributed by atoms with E-state index in [1.54, 1.807) is 4.57 Å². The van der Waals surface area contributed by atoms with Gasteiger partial charge < -0.3 is 23.2 Å². The first-order valence-electron chi connectivity index (χ1n) is 38.8. The Balaban J connectivity index is 1.01. The molecule has 0 N–H and O–H groups in total. The topological polar surface area (TPSA) is 37.7 Å². The van der Waals surface area contributed by atoms with Crippen LogP contribution in [-0.4, -0.2) is 11.3 Å². The van der Waals surface area contributed by atoms with E-state index in [1.807, 2.05) is 36.4 Å². The van der Waals surface area contributed by atoms with E-state index in [9.17, 15) is 11.0 Å². The van der Waals surface area contributed by atoms with E-state index in [2.05, 4.69) is 275 Å². The summed E-state index contributed by atoms with van der Waals surface area (Å²) in [5.74, 6) is 0. The van der Waals surface area contributed by atoms with Crippen LogP contribution in [0.1, 0.15) is 116 Å². The fourth-order valence-electron chi connectivity index (χ4n) is 15.6. The van der Waals surface area contributed by atoms with Crippen LogP contribution in [0.5, 0.6) is 0 Å². The van der Waals surface area contributed by atoms with Crippen LogP contribution >= 0.6 is 0 Å². The van der Waals surface area contributed by atoms with Crippen molar-refractivity contribution in [2.24, 2.45) is 0 Å². The van der Waals surface area contributed by atoms with E-state index < -0.39 is 55.1 Å². The number of nitrogens with zero attached hydrogens (tertiary/aromatic N) is 3. The molecule has 100 heavy (non-hydrogen) atoms. The molecule has 2 aliphatic rings. The number of benzene rings is 13. The average molecular weight is 1300 g/mol. The molecule has 6 heteroatoms. The second kappa shape index (κ2) is 22.2. The molecule has 0 unspecified atom stereocenters. The fourth-order valence-corrected chi connectivity index (χ4v) is 15.6. The van der Waals surface area contributed by atoms with Gasteiger partial charge in [-0.1, -0.05) is 265 Å². The number of furan rings is 2. The normalized spacial score (nSPS) is 14.5. The van der Waals surface area contributed by atoms with E-state index in [-0.39, 0.29) is 43.5 Å². The molecule has 18 rings (SSSR count). The van der Waals surface area contributed by atoms with Crippen LogP contribution in [0.4, 0.5) is 34.1 Å². The SMILES string of the molecule is [2H]c1c([2H])c([2H])c2c(c1[2H])c1c([2H])c([2H])c([2H])c([2H])c1n2-c1cc2c3c(c1)N(c1cccc4oc5ccc(-c6cc(C(C)(C)C)cc(C(C)(C)C)c6)cc5c14)c1ccc(-c4ccccc4)cc1B3c1cc(-c3ccccc3)ccc1N2c1cccc2oc3ccc(-c4cc(C(C)(C)C)cc(C(C)(C)C)c4)cc3c12. The monoisotopic (exact) mass is 1300 g/mol. The van der Waals surface area contributed by atoms with Crippen LogP contribution in [0, 0.1) is 0 Å². The Kier molecular flexibility index (Phi) is 11.8. The molecule has 0 aliphatic carbocycles. The number of hydrogen-bond acceptors (Lipinski definition) is 4. The van der Waals surface area contributed by atoms with Gasteiger partial charge in [-0.05, 0) is 190 Å². The van der Waals surface area contributed by atoms with Gasteiger partial charge in [0, 0.05) is 44.3 Å².